The molecule has 0 unspecified atom stereocenters. The zero-order valence-corrected chi connectivity index (χ0v) is 19.2. The molecular weight excluding hydrogens is 400 g/mol. The average Bonchev–Trinajstić information content (AvgIpc) is 3.39. The molecule has 1 aromatic heterocycles. The minimum Gasteiger partial charge on any atom is -0.382 e. The molecule has 2 aromatic carbocycles. The highest BCUT2D eigenvalue weighted by molar-refractivity contribution is 5.98. The van der Waals surface area contributed by atoms with E-state index in [-0.39, 0.29) is 0 Å². The minimum absolute atomic E-state index is 0.485. The zero-order chi connectivity index (χ0) is 22.3. The highest BCUT2D eigenvalue weighted by Crippen LogP contribution is 2.32. The van der Waals surface area contributed by atoms with Crippen molar-refractivity contribution in [2.75, 3.05) is 31.2 Å². The number of rotatable bonds is 8. The number of aryl methyl sites for hydroxylation is 1. The molecule has 7 heteroatoms. The Morgan fingerprint density at radius 3 is 2.72 bits per heavy atom. The molecule has 168 valence electrons. The van der Waals surface area contributed by atoms with Crippen LogP contribution in [0.15, 0.2) is 53.5 Å². The lowest BCUT2D eigenvalue weighted by molar-refractivity contribution is 0.145. The van der Waals surface area contributed by atoms with E-state index in [1.807, 2.05) is 25.5 Å². The lowest BCUT2D eigenvalue weighted by atomic mass is 10.0. The molecule has 0 saturated carbocycles. The maximum Gasteiger partial charge on any atom is 0.198 e. The van der Waals surface area contributed by atoms with Gasteiger partial charge in [0.1, 0.15) is 12.4 Å². The van der Waals surface area contributed by atoms with Crippen molar-refractivity contribution < 1.29 is 4.74 Å². The van der Waals surface area contributed by atoms with Crippen LogP contribution in [0.3, 0.4) is 0 Å². The molecule has 1 aliphatic heterocycles. The Morgan fingerprint density at radius 1 is 1.12 bits per heavy atom. The number of aromatic nitrogens is 3. The van der Waals surface area contributed by atoms with Gasteiger partial charge in [0.25, 0.3) is 0 Å². The van der Waals surface area contributed by atoms with Crippen LogP contribution in [0.25, 0.3) is 11.1 Å². The van der Waals surface area contributed by atoms with Gasteiger partial charge in [-0.05, 0) is 55.5 Å². The Labute approximate surface area is 190 Å². The minimum atomic E-state index is 0.485. The van der Waals surface area contributed by atoms with Gasteiger partial charge in [0.05, 0.1) is 0 Å². The number of nitrogens with zero attached hydrogens (tertiary/aromatic N) is 5. The number of guanidine groups is 1. The molecule has 0 aliphatic carbocycles. The second-order valence-electron chi connectivity index (χ2n) is 7.95. The van der Waals surface area contributed by atoms with Crippen molar-refractivity contribution in [1.82, 2.24) is 20.1 Å². The van der Waals surface area contributed by atoms with Gasteiger partial charge in [-0.25, -0.2) is 4.99 Å². The van der Waals surface area contributed by atoms with Crippen LogP contribution in [0.2, 0.25) is 0 Å². The average molecular weight is 433 g/mol. The monoisotopic (exact) mass is 432 g/mol. The Bertz CT molecular complexity index is 1060. The van der Waals surface area contributed by atoms with E-state index >= 15 is 0 Å². The van der Waals surface area contributed by atoms with Gasteiger partial charge in [0.2, 0.25) is 0 Å². The van der Waals surface area contributed by atoms with Crippen LogP contribution in [-0.4, -0.2) is 47.0 Å². The van der Waals surface area contributed by atoms with Crippen LogP contribution in [0.4, 0.5) is 5.69 Å². The van der Waals surface area contributed by atoms with Gasteiger partial charge in [0.15, 0.2) is 11.8 Å². The maximum absolute atomic E-state index is 5.48. The molecule has 0 radical (unpaired) electrons. The van der Waals surface area contributed by atoms with Crippen molar-refractivity contribution in [3.8, 4) is 11.1 Å². The van der Waals surface area contributed by atoms with Crippen molar-refractivity contribution in [2.24, 2.45) is 12.0 Å². The molecule has 0 bridgehead atoms. The summed E-state index contributed by atoms with van der Waals surface area (Å²) in [4.78, 5) is 7.20. The summed E-state index contributed by atoms with van der Waals surface area (Å²) >= 11 is 0. The van der Waals surface area contributed by atoms with Crippen molar-refractivity contribution >= 4 is 11.6 Å². The third-order valence-corrected chi connectivity index (χ3v) is 5.84. The summed E-state index contributed by atoms with van der Waals surface area (Å²) in [6.07, 6.45) is 1.93. The summed E-state index contributed by atoms with van der Waals surface area (Å²) in [5, 5.41) is 12.0. The standard InChI is InChI=1S/C25H32N6O/c1-4-32-16-8-14-26-25(27-18-24-29-28-19(2)30(24)3)31-15-13-22-17-21(11-12-23(22)31)20-9-6-5-7-10-20/h5-7,9-12,17H,4,8,13-16,18H2,1-3H3,(H,26,27). The number of hydrogen-bond acceptors (Lipinski definition) is 4. The second kappa shape index (κ2) is 10.4. The van der Waals surface area contributed by atoms with Gasteiger partial charge in [-0.1, -0.05) is 36.4 Å². The molecule has 0 spiro atoms. The van der Waals surface area contributed by atoms with Crippen molar-refractivity contribution in [3.05, 3.63) is 65.7 Å². The Balaban J connectivity index is 1.54. The number of aliphatic imine (C=N–C) groups is 1. The quantitative estimate of drug-likeness (QED) is 0.334. The van der Waals surface area contributed by atoms with Crippen LogP contribution in [0.1, 0.15) is 30.6 Å². The topological polar surface area (TPSA) is 67.6 Å². The van der Waals surface area contributed by atoms with Gasteiger partial charge >= 0.3 is 0 Å². The van der Waals surface area contributed by atoms with Crippen molar-refractivity contribution in [3.63, 3.8) is 0 Å². The molecule has 7 nitrogen and oxygen atoms in total. The van der Waals surface area contributed by atoms with E-state index in [0.717, 1.165) is 56.8 Å². The largest absolute Gasteiger partial charge is 0.382 e. The van der Waals surface area contributed by atoms with E-state index in [0.29, 0.717) is 6.54 Å². The van der Waals surface area contributed by atoms with Crippen molar-refractivity contribution in [1.29, 1.82) is 0 Å². The lowest BCUT2D eigenvalue weighted by Crippen LogP contribution is -2.41. The molecule has 32 heavy (non-hydrogen) atoms. The summed E-state index contributed by atoms with van der Waals surface area (Å²) in [6, 6.07) is 17.3. The van der Waals surface area contributed by atoms with Crippen LogP contribution >= 0.6 is 0 Å². The van der Waals surface area contributed by atoms with E-state index in [9.17, 15) is 0 Å². The van der Waals surface area contributed by atoms with Crippen LogP contribution in [0.5, 0.6) is 0 Å². The Kier molecular flexibility index (Phi) is 7.17. The van der Waals surface area contributed by atoms with Gasteiger partial charge in [0, 0.05) is 39.0 Å². The van der Waals surface area contributed by atoms with Gasteiger partial charge in [-0.15, -0.1) is 10.2 Å². The van der Waals surface area contributed by atoms with Crippen LogP contribution < -0.4 is 10.2 Å². The van der Waals surface area contributed by atoms with Gasteiger partial charge in [-0.3, -0.25) is 0 Å². The third kappa shape index (κ3) is 4.99. The van der Waals surface area contributed by atoms with Crippen LogP contribution in [-0.2, 0) is 24.8 Å². The fourth-order valence-electron chi connectivity index (χ4n) is 3.92. The first kappa shape index (κ1) is 22.0. The summed E-state index contributed by atoms with van der Waals surface area (Å²) in [7, 11) is 1.98. The number of hydrogen-bond donors (Lipinski definition) is 1. The molecular formula is C25H32N6O. The molecule has 4 rings (SSSR count). The van der Waals surface area contributed by atoms with E-state index in [4.69, 9.17) is 9.73 Å². The lowest BCUT2D eigenvalue weighted by Gasteiger charge is -2.23. The maximum atomic E-state index is 5.48. The Hall–Kier alpha value is -3.19. The molecule has 1 N–H and O–H groups in total. The molecule has 1 aliphatic rings. The smallest absolute Gasteiger partial charge is 0.198 e. The van der Waals surface area contributed by atoms with E-state index in [1.54, 1.807) is 0 Å². The van der Waals surface area contributed by atoms with E-state index < -0.39 is 0 Å². The summed E-state index contributed by atoms with van der Waals surface area (Å²) < 4.78 is 7.47. The normalized spacial score (nSPS) is 13.5. The van der Waals surface area contributed by atoms with E-state index in [1.165, 1.54) is 22.4 Å². The zero-order valence-electron chi connectivity index (χ0n) is 19.2. The van der Waals surface area contributed by atoms with Crippen LogP contribution in [0, 0.1) is 6.92 Å². The Morgan fingerprint density at radius 2 is 1.97 bits per heavy atom. The number of fused-ring (bicyclic) bond motifs is 1. The molecule has 3 aromatic rings. The summed E-state index contributed by atoms with van der Waals surface area (Å²) in [6.45, 7) is 7.67. The molecule has 0 amide bonds. The molecule has 0 fully saturated rings. The predicted molar refractivity (Wildman–Crippen MR) is 129 cm³/mol. The SMILES string of the molecule is CCOCCCNC(=NCc1nnc(C)n1C)N1CCc2cc(-c3ccccc3)ccc21. The number of benzene rings is 2. The number of nitrogens with one attached hydrogen (secondary N) is 1. The van der Waals surface area contributed by atoms with E-state index in [2.05, 4.69) is 68.9 Å². The summed E-state index contributed by atoms with van der Waals surface area (Å²) in [5.74, 6) is 2.63. The fraction of sp³-hybridized carbons (Fsp3) is 0.400. The predicted octanol–water partition coefficient (Wildman–Crippen LogP) is 3.73. The van der Waals surface area contributed by atoms with Crippen molar-refractivity contribution in [2.45, 2.75) is 33.2 Å². The third-order valence-electron chi connectivity index (χ3n) is 5.84. The highest BCUT2D eigenvalue weighted by atomic mass is 16.5. The van der Waals surface area contributed by atoms with Gasteiger partial charge < -0.3 is 19.5 Å². The first-order valence-electron chi connectivity index (χ1n) is 11.3. The fourth-order valence-corrected chi connectivity index (χ4v) is 3.92. The highest BCUT2D eigenvalue weighted by Gasteiger charge is 2.24. The molecule has 0 atom stereocenters. The first-order chi connectivity index (χ1) is 15.7. The number of anilines is 1. The second-order valence-corrected chi connectivity index (χ2v) is 7.95. The molecule has 2 heterocycles. The van der Waals surface area contributed by atoms with Gasteiger partial charge in [-0.2, -0.15) is 0 Å². The molecule has 0 saturated heterocycles. The first-order valence-corrected chi connectivity index (χ1v) is 11.3. The number of ether oxygens (including phenoxy) is 1. The summed E-state index contributed by atoms with van der Waals surface area (Å²) in [5.41, 5.74) is 5.07.